The van der Waals surface area contributed by atoms with E-state index in [0.717, 1.165) is 34.4 Å². The number of thiophene rings is 1. The van der Waals surface area contributed by atoms with E-state index < -0.39 is 0 Å². The molecule has 0 aliphatic carbocycles. The van der Waals surface area contributed by atoms with Crippen molar-refractivity contribution in [3.8, 4) is 5.69 Å². The summed E-state index contributed by atoms with van der Waals surface area (Å²) in [5, 5.41) is 14.7. The first kappa shape index (κ1) is 18.5. The number of aliphatic hydroxyl groups excluding tert-OH is 1. The van der Waals surface area contributed by atoms with Gasteiger partial charge in [0.25, 0.3) is 5.91 Å². The fourth-order valence-electron chi connectivity index (χ4n) is 2.85. The van der Waals surface area contributed by atoms with E-state index in [1.165, 1.54) is 23.5 Å². The zero-order valence-electron chi connectivity index (χ0n) is 14.9. The Balaban J connectivity index is 1.97. The SMILES string of the molecule is CCCCN(CCO)C(=O)c1cc2c(C)nn(-c3ccc(F)cc3)c2s1. The number of nitrogens with zero attached hydrogens (tertiary/aromatic N) is 3. The number of benzene rings is 1. The molecule has 1 amide bonds. The van der Waals surface area contributed by atoms with Gasteiger partial charge in [0.2, 0.25) is 0 Å². The maximum Gasteiger partial charge on any atom is 0.264 e. The molecule has 0 atom stereocenters. The number of carbonyl (C=O) groups excluding carboxylic acids is 1. The van der Waals surface area contributed by atoms with Gasteiger partial charge in [-0.15, -0.1) is 11.3 Å². The molecule has 3 rings (SSSR count). The van der Waals surface area contributed by atoms with Crippen LogP contribution in [-0.4, -0.2) is 45.4 Å². The molecule has 138 valence electrons. The Morgan fingerprint density at radius 2 is 2.04 bits per heavy atom. The maximum atomic E-state index is 13.2. The van der Waals surface area contributed by atoms with Crippen molar-refractivity contribution in [2.45, 2.75) is 26.7 Å². The Morgan fingerprint density at radius 1 is 1.31 bits per heavy atom. The maximum absolute atomic E-state index is 13.2. The van der Waals surface area contributed by atoms with Gasteiger partial charge in [-0.25, -0.2) is 9.07 Å². The van der Waals surface area contributed by atoms with Crippen LogP contribution in [0.4, 0.5) is 4.39 Å². The normalized spacial score (nSPS) is 11.2. The molecule has 0 aliphatic heterocycles. The lowest BCUT2D eigenvalue weighted by Gasteiger charge is -2.20. The lowest BCUT2D eigenvalue weighted by molar-refractivity contribution is 0.0724. The summed E-state index contributed by atoms with van der Waals surface area (Å²) in [5.74, 6) is -0.370. The van der Waals surface area contributed by atoms with Crippen LogP contribution in [0.1, 0.15) is 35.1 Å². The topological polar surface area (TPSA) is 58.4 Å². The Kier molecular flexibility index (Phi) is 5.68. The van der Waals surface area contributed by atoms with Gasteiger partial charge in [-0.2, -0.15) is 5.10 Å². The standard InChI is InChI=1S/C19H22FN3O2S/c1-3-4-9-22(10-11-24)18(25)17-12-16-13(2)21-23(19(16)26-17)15-7-5-14(20)6-8-15/h5-8,12,24H,3-4,9-11H2,1-2H3. The first-order valence-electron chi connectivity index (χ1n) is 8.70. The van der Waals surface area contributed by atoms with Gasteiger partial charge in [-0.05, 0) is 43.7 Å². The van der Waals surface area contributed by atoms with Crippen LogP contribution >= 0.6 is 11.3 Å². The van der Waals surface area contributed by atoms with Crippen LogP contribution in [0.3, 0.4) is 0 Å². The zero-order valence-corrected chi connectivity index (χ0v) is 15.7. The fraction of sp³-hybridized carbons (Fsp3) is 0.368. The minimum Gasteiger partial charge on any atom is -0.395 e. The Morgan fingerprint density at radius 3 is 2.69 bits per heavy atom. The summed E-state index contributed by atoms with van der Waals surface area (Å²) >= 11 is 1.37. The smallest absolute Gasteiger partial charge is 0.264 e. The number of aryl methyl sites for hydroxylation is 1. The number of aromatic nitrogens is 2. The molecular formula is C19H22FN3O2S. The van der Waals surface area contributed by atoms with Crippen LogP contribution in [0.15, 0.2) is 30.3 Å². The third-order valence-corrected chi connectivity index (χ3v) is 5.36. The molecule has 0 saturated heterocycles. The second kappa shape index (κ2) is 7.97. The number of unbranched alkanes of at least 4 members (excludes halogenated alkanes) is 1. The molecule has 0 aliphatic rings. The molecule has 26 heavy (non-hydrogen) atoms. The van der Waals surface area contributed by atoms with Gasteiger partial charge in [0, 0.05) is 18.5 Å². The molecule has 2 aromatic heterocycles. The van der Waals surface area contributed by atoms with Crippen LogP contribution in [0.5, 0.6) is 0 Å². The molecule has 2 heterocycles. The highest BCUT2D eigenvalue weighted by atomic mass is 32.1. The van der Waals surface area contributed by atoms with Crippen molar-refractivity contribution in [2.75, 3.05) is 19.7 Å². The number of hydrogen-bond donors (Lipinski definition) is 1. The second-order valence-corrected chi connectivity index (χ2v) is 7.20. The zero-order chi connectivity index (χ0) is 18.7. The highest BCUT2D eigenvalue weighted by Gasteiger charge is 2.21. The molecule has 0 spiro atoms. The van der Waals surface area contributed by atoms with Crippen molar-refractivity contribution >= 4 is 27.5 Å². The molecule has 7 heteroatoms. The van der Waals surface area contributed by atoms with Crippen LogP contribution in [0, 0.1) is 12.7 Å². The van der Waals surface area contributed by atoms with Gasteiger partial charge in [-0.3, -0.25) is 4.79 Å². The Hall–Kier alpha value is -2.25. The number of rotatable bonds is 7. The van der Waals surface area contributed by atoms with E-state index in [1.54, 1.807) is 21.7 Å². The monoisotopic (exact) mass is 375 g/mol. The minimum atomic E-state index is -0.300. The molecule has 5 nitrogen and oxygen atoms in total. The highest BCUT2D eigenvalue weighted by Crippen LogP contribution is 2.31. The van der Waals surface area contributed by atoms with Crippen LogP contribution in [-0.2, 0) is 0 Å². The largest absolute Gasteiger partial charge is 0.395 e. The molecular weight excluding hydrogens is 353 g/mol. The summed E-state index contributed by atoms with van der Waals surface area (Å²) in [4.78, 5) is 16.0. The summed E-state index contributed by atoms with van der Waals surface area (Å²) in [6.45, 7) is 4.87. The first-order chi connectivity index (χ1) is 12.5. The van der Waals surface area contributed by atoms with Crippen LogP contribution in [0.2, 0.25) is 0 Å². The first-order valence-corrected chi connectivity index (χ1v) is 9.52. The quantitative estimate of drug-likeness (QED) is 0.684. The number of amides is 1. The number of halogens is 1. The van der Waals surface area contributed by atoms with Crippen LogP contribution < -0.4 is 0 Å². The van der Waals surface area contributed by atoms with E-state index in [-0.39, 0.29) is 18.3 Å². The Labute approximate surface area is 155 Å². The molecule has 1 aromatic carbocycles. The number of hydrogen-bond acceptors (Lipinski definition) is 4. The molecule has 1 N–H and O–H groups in total. The van der Waals surface area contributed by atoms with Gasteiger partial charge in [-0.1, -0.05) is 13.3 Å². The highest BCUT2D eigenvalue weighted by molar-refractivity contribution is 7.20. The molecule has 0 bridgehead atoms. The predicted molar refractivity (Wildman–Crippen MR) is 102 cm³/mol. The average Bonchev–Trinajstić information content (AvgIpc) is 3.20. The molecule has 3 aromatic rings. The van der Waals surface area contributed by atoms with Crippen molar-refractivity contribution in [2.24, 2.45) is 0 Å². The van der Waals surface area contributed by atoms with Crippen molar-refractivity contribution in [3.63, 3.8) is 0 Å². The molecule has 0 radical (unpaired) electrons. The minimum absolute atomic E-state index is 0.0528. The van der Waals surface area contributed by atoms with E-state index in [1.807, 2.05) is 13.0 Å². The van der Waals surface area contributed by atoms with Crippen molar-refractivity contribution in [1.29, 1.82) is 0 Å². The van der Waals surface area contributed by atoms with E-state index in [2.05, 4.69) is 12.0 Å². The van der Waals surface area contributed by atoms with E-state index in [9.17, 15) is 14.3 Å². The van der Waals surface area contributed by atoms with Gasteiger partial charge in [0.05, 0.1) is 22.9 Å². The summed E-state index contributed by atoms with van der Waals surface area (Å²) in [6.07, 6.45) is 1.89. The number of fused-ring (bicyclic) bond motifs is 1. The van der Waals surface area contributed by atoms with E-state index in [0.29, 0.717) is 18.0 Å². The summed E-state index contributed by atoms with van der Waals surface area (Å²) in [6, 6.07) is 7.99. The van der Waals surface area contributed by atoms with Crippen molar-refractivity contribution < 1.29 is 14.3 Å². The number of aliphatic hydroxyl groups is 1. The number of carbonyl (C=O) groups is 1. The summed E-state index contributed by atoms with van der Waals surface area (Å²) in [5.41, 5.74) is 1.57. The van der Waals surface area contributed by atoms with Crippen molar-refractivity contribution in [3.05, 3.63) is 46.7 Å². The lowest BCUT2D eigenvalue weighted by atomic mass is 10.2. The third kappa shape index (κ3) is 3.64. The second-order valence-electron chi connectivity index (χ2n) is 6.17. The molecule has 0 fully saturated rings. The summed E-state index contributed by atoms with van der Waals surface area (Å²) < 4.78 is 14.9. The van der Waals surface area contributed by atoms with Gasteiger partial charge < -0.3 is 10.0 Å². The van der Waals surface area contributed by atoms with Gasteiger partial charge in [0.1, 0.15) is 10.6 Å². The Bertz CT molecular complexity index is 902. The lowest BCUT2D eigenvalue weighted by Crippen LogP contribution is -2.33. The third-order valence-electron chi connectivity index (χ3n) is 4.27. The van der Waals surface area contributed by atoms with Crippen molar-refractivity contribution in [1.82, 2.24) is 14.7 Å². The van der Waals surface area contributed by atoms with Gasteiger partial charge >= 0.3 is 0 Å². The van der Waals surface area contributed by atoms with Gasteiger partial charge in [0.15, 0.2) is 0 Å². The molecule has 0 saturated carbocycles. The average molecular weight is 375 g/mol. The van der Waals surface area contributed by atoms with E-state index in [4.69, 9.17) is 0 Å². The molecule has 0 unspecified atom stereocenters. The van der Waals surface area contributed by atoms with Crippen LogP contribution in [0.25, 0.3) is 15.9 Å². The van der Waals surface area contributed by atoms with E-state index >= 15 is 0 Å². The fourth-order valence-corrected chi connectivity index (χ4v) is 4.00. The predicted octanol–water partition coefficient (Wildman–Crippen LogP) is 3.77. The summed E-state index contributed by atoms with van der Waals surface area (Å²) in [7, 11) is 0.